The van der Waals surface area contributed by atoms with Gasteiger partial charge in [-0.25, -0.2) is 8.42 Å². The van der Waals surface area contributed by atoms with Gasteiger partial charge in [-0.3, -0.25) is 4.72 Å². The largest absolute Gasteiger partial charge is 0.416 e. The molecular weight excluding hydrogens is 529 g/mol. The smallest absolute Gasteiger partial charge is 0.378 e. The quantitative estimate of drug-likeness (QED) is 0.342. The first-order valence-corrected chi connectivity index (χ1v) is 12.9. The molecule has 9 heteroatoms. The van der Waals surface area contributed by atoms with Crippen LogP contribution < -0.4 is 10.0 Å². The van der Waals surface area contributed by atoms with Gasteiger partial charge in [0.25, 0.3) is 10.0 Å². The molecule has 2 aliphatic rings. The van der Waals surface area contributed by atoms with Crippen LogP contribution >= 0.6 is 15.9 Å². The van der Waals surface area contributed by atoms with Crippen LogP contribution in [0.1, 0.15) is 35.1 Å². The molecule has 0 radical (unpaired) electrons. The van der Waals surface area contributed by atoms with E-state index in [-0.39, 0.29) is 28.5 Å². The van der Waals surface area contributed by atoms with E-state index in [0.29, 0.717) is 0 Å². The summed E-state index contributed by atoms with van der Waals surface area (Å²) >= 11 is 3.64. The Morgan fingerprint density at radius 2 is 1.76 bits per heavy atom. The number of alkyl halides is 3. The topological polar surface area (TPSA) is 58.2 Å². The fraction of sp³-hybridized carbons (Fsp3) is 0.200. The molecule has 3 aromatic carbocycles. The third-order valence-electron chi connectivity index (χ3n) is 6.33. The molecule has 4 nitrogen and oxygen atoms in total. The Balaban J connectivity index is 1.47. The van der Waals surface area contributed by atoms with Crippen LogP contribution in [0.3, 0.4) is 0 Å². The van der Waals surface area contributed by atoms with Gasteiger partial charge in [-0.15, -0.1) is 0 Å². The summed E-state index contributed by atoms with van der Waals surface area (Å²) in [6.07, 6.45) is 0.498. The third-order valence-corrected chi connectivity index (χ3v) is 8.43. The lowest BCUT2D eigenvalue weighted by atomic mass is 9.77. The Labute approximate surface area is 204 Å². The van der Waals surface area contributed by atoms with Crippen LogP contribution in [0.25, 0.3) is 0 Å². The molecule has 2 unspecified atom stereocenters. The normalized spacial score (nSPS) is 21.5. The number of halogens is 4. The first-order chi connectivity index (χ1) is 16.1. The van der Waals surface area contributed by atoms with Gasteiger partial charge in [0.05, 0.1) is 16.5 Å². The van der Waals surface area contributed by atoms with Gasteiger partial charge in [0, 0.05) is 21.8 Å². The maximum absolute atomic E-state index is 13.0. The van der Waals surface area contributed by atoms with Crippen LogP contribution in [0.5, 0.6) is 0 Å². The molecule has 0 fully saturated rings. The van der Waals surface area contributed by atoms with E-state index in [1.807, 2.05) is 18.2 Å². The molecule has 34 heavy (non-hydrogen) atoms. The van der Waals surface area contributed by atoms with Crippen LogP contribution in [0, 0.1) is 5.92 Å². The number of anilines is 2. The summed E-state index contributed by atoms with van der Waals surface area (Å²) in [5.41, 5.74) is 1.77. The molecule has 0 aromatic heterocycles. The number of sulfonamides is 1. The standard InChI is InChI=1S/C25H20BrF3N2O2S/c26-22-10-2-1-7-20(22)24-19-9-4-8-18(19)21-14-17(11-12-23(21)30-24)34(32,33)31-16-6-3-5-15(13-16)25(27,28)29/h1-8,10-14,18-19,24,30-31H,9H2/t18?,19?,24-/m1/s1. The van der Waals surface area contributed by atoms with Crippen molar-refractivity contribution in [2.45, 2.75) is 29.5 Å². The predicted octanol–water partition coefficient (Wildman–Crippen LogP) is 7.10. The summed E-state index contributed by atoms with van der Waals surface area (Å²) in [6, 6.07) is 17.0. The Hall–Kier alpha value is -2.78. The van der Waals surface area contributed by atoms with Gasteiger partial charge < -0.3 is 5.32 Å². The van der Waals surface area contributed by atoms with Crippen molar-refractivity contribution in [1.82, 2.24) is 0 Å². The van der Waals surface area contributed by atoms with Crippen molar-refractivity contribution >= 4 is 37.3 Å². The number of benzene rings is 3. The Morgan fingerprint density at radius 3 is 2.53 bits per heavy atom. The van der Waals surface area contributed by atoms with Crippen molar-refractivity contribution in [3.8, 4) is 0 Å². The maximum atomic E-state index is 13.0. The highest BCUT2D eigenvalue weighted by molar-refractivity contribution is 9.10. The van der Waals surface area contributed by atoms with Gasteiger partial charge >= 0.3 is 6.18 Å². The molecule has 0 bridgehead atoms. The fourth-order valence-electron chi connectivity index (χ4n) is 4.75. The molecular formula is C25H20BrF3N2O2S. The Bertz CT molecular complexity index is 1390. The minimum Gasteiger partial charge on any atom is -0.378 e. The predicted molar refractivity (Wildman–Crippen MR) is 129 cm³/mol. The zero-order valence-corrected chi connectivity index (χ0v) is 20.1. The van der Waals surface area contributed by atoms with E-state index >= 15 is 0 Å². The summed E-state index contributed by atoms with van der Waals surface area (Å²) in [5, 5.41) is 3.57. The maximum Gasteiger partial charge on any atom is 0.416 e. The minimum atomic E-state index is -4.56. The van der Waals surface area contributed by atoms with Crippen LogP contribution in [0.2, 0.25) is 0 Å². The van der Waals surface area contributed by atoms with E-state index < -0.39 is 21.8 Å². The lowest BCUT2D eigenvalue weighted by Crippen LogP contribution is -2.29. The second-order valence-corrected chi connectivity index (χ2v) is 11.0. The summed E-state index contributed by atoms with van der Waals surface area (Å²) in [4.78, 5) is 0.00357. The number of hydrogen-bond donors (Lipinski definition) is 2. The van der Waals surface area contributed by atoms with Gasteiger partial charge in [0.1, 0.15) is 0 Å². The number of nitrogens with one attached hydrogen (secondary N) is 2. The summed E-state index contributed by atoms with van der Waals surface area (Å²) < 4.78 is 68.4. The van der Waals surface area contributed by atoms with Gasteiger partial charge in [-0.2, -0.15) is 13.2 Å². The molecule has 2 N–H and O–H groups in total. The SMILES string of the molecule is O=S(=O)(Nc1cccc(C(F)(F)F)c1)c1ccc2c(c1)C1C=CCC1[C@H](c1ccccc1Br)N2. The molecule has 1 heterocycles. The number of fused-ring (bicyclic) bond motifs is 3. The molecule has 0 saturated heterocycles. The Morgan fingerprint density at radius 1 is 0.971 bits per heavy atom. The summed E-state index contributed by atoms with van der Waals surface area (Å²) in [7, 11) is -4.09. The minimum absolute atomic E-state index is 0.00357. The van der Waals surface area contributed by atoms with Gasteiger partial charge in [0.15, 0.2) is 0 Å². The van der Waals surface area contributed by atoms with E-state index in [1.165, 1.54) is 18.2 Å². The highest BCUT2D eigenvalue weighted by Gasteiger charge is 2.39. The molecule has 3 aromatic rings. The first kappa shape index (κ1) is 23.0. The fourth-order valence-corrected chi connectivity index (χ4v) is 6.36. The number of allylic oxidation sites excluding steroid dienone is 2. The molecule has 176 valence electrons. The van der Waals surface area contributed by atoms with E-state index in [9.17, 15) is 21.6 Å². The second-order valence-electron chi connectivity index (χ2n) is 8.43. The van der Waals surface area contributed by atoms with E-state index in [0.717, 1.165) is 39.8 Å². The Kier molecular flexibility index (Phi) is 5.72. The summed E-state index contributed by atoms with van der Waals surface area (Å²) in [5.74, 6) is 0.234. The molecule has 1 aliphatic heterocycles. The molecule has 3 atom stereocenters. The highest BCUT2D eigenvalue weighted by atomic mass is 79.9. The van der Waals surface area contributed by atoms with Crippen molar-refractivity contribution in [3.05, 3.63) is 100 Å². The lowest BCUT2D eigenvalue weighted by molar-refractivity contribution is -0.137. The van der Waals surface area contributed by atoms with Crippen LogP contribution in [0.4, 0.5) is 24.5 Å². The second kappa shape index (κ2) is 8.46. The van der Waals surface area contributed by atoms with Crippen molar-refractivity contribution in [2.75, 3.05) is 10.0 Å². The van der Waals surface area contributed by atoms with Crippen molar-refractivity contribution in [1.29, 1.82) is 0 Å². The molecule has 5 rings (SSSR count). The summed E-state index contributed by atoms with van der Waals surface area (Å²) in [6.45, 7) is 0. The van der Waals surface area contributed by atoms with Crippen LogP contribution in [-0.4, -0.2) is 8.42 Å². The first-order valence-electron chi connectivity index (χ1n) is 10.7. The van der Waals surface area contributed by atoms with Gasteiger partial charge in [-0.05, 0) is 65.9 Å². The lowest BCUT2D eigenvalue weighted by Gasteiger charge is -2.38. The van der Waals surface area contributed by atoms with Crippen molar-refractivity contribution in [2.24, 2.45) is 5.92 Å². The van der Waals surface area contributed by atoms with Crippen molar-refractivity contribution < 1.29 is 21.6 Å². The van der Waals surface area contributed by atoms with Gasteiger partial charge in [0.2, 0.25) is 0 Å². The molecule has 0 spiro atoms. The zero-order chi connectivity index (χ0) is 24.1. The third kappa shape index (κ3) is 4.22. The number of rotatable bonds is 4. The zero-order valence-electron chi connectivity index (χ0n) is 17.7. The molecule has 0 amide bonds. The van der Waals surface area contributed by atoms with Crippen molar-refractivity contribution in [3.63, 3.8) is 0 Å². The average Bonchev–Trinajstić information content (AvgIpc) is 3.28. The van der Waals surface area contributed by atoms with Crippen LogP contribution in [-0.2, 0) is 16.2 Å². The number of hydrogen-bond acceptors (Lipinski definition) is 3. The van der Waals surface area contributed by atoms with Crippen LogP contribution in [0.15, 0.2) is 88.3 Å². The average molecular weight is 549 g/mol. The van der Waals surface area contributed by atoms with E-state index in [2.05, 4.69) is 44.2 Å². The molecule has 1 aliphatic carbocycles. The van der Waals surface area contributed by atoms with E-state index in [1.54, 1.807) is 12.1 Å². The highest BCUT2D eigenvalue weighted by Crippen LogP contribution is 2.51. The van der Waals surface area contributed by atoms with E-state index in [4.69, 9.17) is 0 Å². The molecule has 0 saturated carbocycles. The van der Waals surface area contributed by atoms with Gasteiger partial charge in [-0.1, -0.05) is 52.3 Å². The monoisotopic (exact) mass is 548 g/mol.